The number of halogens is 1. The van der Waals surface area contributed by atoms with E-state index in [-0.39, 0.29) is 18.2 Å². The Kier molecular flexibility index (Phi) is 5.42. The molecule has 0 bridgehead atoms. The lowest BCUT2D eigenvalue weighted by Crippen LogP contribution is -2.33. The zero-order chi connectivity index (χ0) is 12.7. The highest BCUT2D eigenvalue weighted by molar-refractivity contribution is 5.77. The fourth-order valence-corrected chi connectivity index (χ4v) is 1.32. The van der Waals surface area contributed by atoms with Crippen LogP contribution in [-0.4, -0.2) is 26.1 Å². The van der Waals surface area contributed by atoms with Gasteiger partial charge in [-0.25, -0.2) is 4.39 Å². The van der Waals surface area contributed by atoms with Gasteiger partial charge in [-0.1, -0.05) is 13.0 Å². The first-order chi connectivity index (χ1) is 8.17. The minimum Gasteiger partial charge on any atom is -0.494 e. The second-order valence-corrected chi connectivity index (χ2v) is 3.53. The molecular formula is C12H17FN2O2. The number of rotatable bonds is 6. The van der Waals surface area contributed by atoms with Crippen LogP contribution in [0.1, 0.15) is 12.5 Å². The maximum Gasteiger partial charge on any atom is 0.234 e. The van der Waals surface area contributed by atoms with Crippen molar-refractivity contribution in [1.82, 2.24) is 10.6 Å². The SMILES string of the molecule is CCNCC(=O)NCc1ccc(OC)c(F)c1. The number of benzene rings is 1. The number of ether oxygens (including phenoxy) is 1. The van der Waals surface area contributed by atoms with Crippen LogP contribution in [-0.2, 0) is 11.3 Å². The summed E-state index contributed by atoms with van der Waals surface area (Å²) in [4.78, 5) is 11.3. The molecule has 1 rings (SSSR count). The van der Waals surface area contributed by atoms with E-state index in [2.05, 4.69) is 10.6 Å². The van der Waals surface area contributed by atoms with Crippen molar-refractivity contribution in [2.45, 2.75) is 13.5 Å². The van der Waals surface area contributed by atoms with Crippen molar-refractivity contribution in [2.75, 3.05) is 20.2 Å². The Balaban J connectivity index is 2.47. The number of nitrogens with one attached hydrogen (secondary N) is 2. The van der Waals surface area contributed by atoms with E-state index in [1.165, 1.54) is 13.2 Å². The number of hydrogen-bond donors (Lipinski definition) is 2. The first-order valence-electron chi connectivity index (χ1n) is 5.47. The minimum atomic E-state index is -0.425. The fraction of sp³-hybridized carbons (Fsp3) is 0.417. The highest BCUT2D eigenvalue weighted by Crippen LogP contribution is 2.17. The predicted molar refractivity (Wildman–Crippen MR) is 63.3 cm³/mol. The molecule has 0 spiro atoms. The number of carbonyl (C=O) groups excluding carboxylic acids is 1. The summed E-state index contributed by atoms with van der Waals surface area (Å²) in [6.07, 6.45) is 0. The standard InChI is InChI=1S/C12H17FN2O2/c1-3-14-8-12(16)15-7-9-4-5-11(17-2)10(13)6-9/h4-6,14H,3,7-8H2,1-2H3,(H,15,16). The summed E-state index contributed by atoms with van der Waals surface area (Å²) in [5.74, 6) is -0.332. The van der Waals surface area contributed by atoms with E-state index in [9.17, 15) is 9.18 Å². The molecule has 0 aliphatic carbocycles. The highest BCUT2D eigenvalue weighted by atomic mass is 19.1. The summed E-state index contributed by atoms with van der Waals surface area (Å²) in [6, 6.07) is 4.61. The summed E-state index contributed by atoms with van der Waals surface area (Å²) in [5, 5.41) is 5.60. The Morgan fingerprint density at radius 2 is 2.24 bits per heavy atom. The first kappa shape index (κ1) is 13.4. The molecule has 0 saturated carbocycles. The molecule has 5 heteroatoms. The molecule has 0 fully saturated rings. The second kappa shape index (κ2) is 6.85. The monoisotopic (exact) mass is 240 g/mol. The predicted octanol–water partition coefficient (Wildman–Crippen LogP) is 1.06. The van der Waals surface area contributed by atoms with Crippen molar-refractivity contribution >= 4 is 5.91 Å². The molecule has 0 aromatic heterocycles. The van der Waals surface area contributed by atoms with Gasteiger partial charge in [0.25, 0.3) is 0 Å². The van der Waals surface area contributed by atoms with Gasteiger partial charge in [0, 0.05) is 6.54 Å². The van der Waals surface area contributed by atoms with Gasteiger partial charge < -0.3 is 15.4 Å². The quantitative estimate of drug-likeness (QED) is 0.781. The van der Waals surface area contributed by atoms with Crippen molar-refractivity contribution in [1.29, 1.82) is 0 Å². The van der Waals surface area contributed by atoms with Gasteiger partial charge in [0.15, 0.2) is 11.6 Å². The van der Waals surface area contributed by atoms with Crippen LogP contribution in [0.4, 0.5) is 4.39 Å². The van der Waals surface area contributed by atoms with Crippen molar-refractivity contribution in [3.8, 4) is 5.75 Å². The van der Waals surface area contributed by atoms with Crippen LogP contribution in [0.3, 0.4) is 0 Å². The maximum atomic E-state index is 13.3. The molecule has 1 amide bonds. The van der Waals surface area contributed by atoms with Gasteiger partial charge in [-0.2, -0.15) is 0 Å². The Hall–Kier alpha value is -1.62. The van der Waals surface area contributed by atoms with Crippen molar-refractivity contribution in [3.63, 3.8) is 0 Å². The van der Waals surface area contributed by atoms with Gasteiger partial charge in [-0.3, -0.25) is 4.79 Å². The Morgan fingerprint density at radius 1 is 1.47 bits per heavy atom. The molecule has 1 aromatic carbocycles. The van der Waals surface area contributed by atoms with Gasteiger partial charge in [0.05, 0.1) is 13.7 Å². The second-order valence-electron chi connectivity index (χ2n) is 3.53. The molecule has 0 radical (unpaired) electrons. The van der Waals surface area contributed by atoms with Crippen molar-refractivity contribution in [2.24, 2.45) is 0 Å². The first-order valence-corrected chi connectivity index (χ1v) is 5.47. The van der Waals surface area contributed by atoms with Crippen LogP contribution >= 0.6 is 0 Å². The lowest BCUT2D eigenvalue weighted by atomic mass is 10.2. The van der Waals surface area contributed by atoms with Gasteiger partial charge in [-0.15, -0.1) is 0 Å². The number of amides is 1. The third-order valence-electron chi connectivity index (χ3n) is 2.24. The summed E-state index contributed by atoms with van der Waals surface area (Å²) in [7, 11) is 1.41. The molecule has 0 saturated heterocycles. The number of likely N-dealkylation sites (N-methyl/N-ethyl adjacent to an activating group) is 1. The molecular weight excluding hydrogens is 223 g/mol. The number of hydrogen-bond acceptors (Lipinski definition) is 3. The molecule has 2 N–H and O–H groups in total. The van der Waals surface area contributed by atoms with E-state index in [4.69, 9.17) is 4.74 Å². The van der Waals surface area contributed by atoms with Gasteiger partial charge >= 0.3 is 0 Å². The van der Waals surface area contributed by atoms with Crippen LogP contribution in [0.5, 0.6) is 5.75 Å². The van der Waals surface area contributed by atoms with E-state index in [0.29, 0.717) is 12.1 Å². The average molecular weight is 240 g/mol. The largest absolute Gasteiger partial charge is 0.494 e. The number of carbonyl (C=O) groups is 1. The average Bonchev–Trinajstić information content (AvgIpc) is 2.34. The van der Waals surface area contributed by atoms with Crippen LogP contribution in [0, 0.1) is 5.82 Å². The van der Waals surface area contributed by atoms with Crippen molar-refractivity contribution < 1.29 is 13.9 Å². The van der Waals surface area contributed by atoms with Gasteiger partial charge in [0.2, 0.25) is 5.91 Å². The zero-order valence-electron chi connectivity index (χ0n) is 10.0. The maximum absolute atomic E-state index is 13.3. The third kappa shape index (κ3) is 4.40. The normalized spacial score (nSPS) is 10.1. The topological polar surface area (TPSA) is 50.4 Å². The van der Waals surface area contributed by atoms with Crippen LogP contribution in [0.2, 0.25) is 0 Å². The molecule has 0 heterocycles. The zero-order valence-corrected chi connectivity index (χ0v) is 10.0. The summed E-state index contributed by atoms with van der Waals surface area (Å²) in [5.41, 5.74) is 0.702. The summed E-state index contributed by atoms with van der Waals surface area (Å²) in [6.45, 7) is 3.25. The van der Waals surface area contributed by atoms with E-state index in [1.807, 2.05) is 6.92 Å². The lowest BCUT2D eigenvalue weighted by Gasteiger charge is -2.07. The lowest BCUT2D eigenvalue weighted by molar-refractivity contribution is -0.120. The van der Waals surface area contributed by atoms with Crippen LogP contribution in [0.15, 0.2) is 18.2 Å². The molecule has 0 unspecified atom stereocenters. The molecule has 0 aliphatic heterocycles. The Bertz CT molecular complexity index is 383. The molecule has 0 aliphatic rings. The molecule has 4 nitrogen and oxygen atoms in total. The summed E-state index contributed by atoms with van der Waals surface area (Å²) < 4.78 is 18.1. The van der Waals surface area contributed by atoms with Crippen LogP contribution < -0.4 is 15.4 Å². The Labute approximate surface area is 100 Å². The van der Waals surface area contributed by atoms with E-state index >= 15 is 0 Å². The molecule has 17 heavy (non-hydrogen) atoms. The Morgan fingerprint density at radius 3 is 2.82 bits per heavy atom. The fourth-order valence-electron chi connectivity index (χ4n) is 1.32. The summed E-state index contributed by atoms with van der Waals surface area (Å²) >= 11 is 0. The molecule has 0 atom stereocenters. The van der Waals surface area contributed by atoms with Crippen LogP contribution in [0.25, 0.3) is 0 Å². The third-order valence-corrected chi connectivity index (χ3v) is 2.24. The van der Waals surface area contributed by atoms with E-state index < -0.39 is 5.82 Å². The van der Waals surface area contributed by atoms with Crippen molar-refractivity contribution in [3.05, 3.63) is 29.6 Å². The molecule has 94 valence electrons. The van der Waals surface area contributed by atoms with Gasteiger partial charge in [-0.05, 0) is 24.2 Å². The highest BCUT2D eigenvalue weighted by Gasteiger charge is 2.04. The minimum absolute atomic E-state index is 0.108. The molecule has 1 aromatic rings. The number of methoxy groups -OCH3 is 1. The van der Waals surface area contributed by atoms with E-state index in [0.717, 1.165) is 6.54 Å². The van der Waals surface area contributed by atoms with E-state index in [1.54, 1.807) is 12.1 Å². The van der Waals surface area contributed by atoms with Gasteiger partial charge in [0.1, 0.15) is 0 Å². The smallest absolute Gasteiger partial charge is 0.234 e.